The summed E-state index contributed by atoms with van der Waals surface area (Å²) in [6, 6.07) is 1.28. The van der Waals surface area contributed by atoms with Crippen molar-refractivity contribution in [3.63, 3.8) is 0 Å². The summed E-state index contributed by atoms with van der Waals surface area (Å²) in [5.41, 5.74) is 0. The van der Waals surface area contributed by atoms with Gasteiger partial charge in [0, 0.05) is 13.1 Å². The lowest BCUT2D eigenvalue weighted by atomic mass is 10.1. The van der Waals surface area contributed by atoms with Crippen molar-refractivity contribution in [1.29, 1.82) is 5.26 Å². The minimum absolute atomic E-state index is 0.305. The predicted octanol–water partition coefficient (Wildman–Crippen LogP) is 1.23. The van der Waals surface area contributed by atoms with Gasteiger partial charge in [0.2, 0.25) is 0 Å². The Labute approximate surface area is 93.2 Å². The van der Waals surface area contributed by atoms with E-state index in [4.69, 9.17) is 5.26 Å². The van der Waals surface area contributed by atoms with E-state index < -0.39 is 12.1 Å². The second-order valence-corrected chi connectivity index (χ2v) is 4.30. The Morgan fingerprint density at radius 1 is 1.56 bits per heavy atom. The van der Waals surface area contributed by atoms with Crippen LogP contribution in [-0.2, 0) is 0 Å². The van der Waals surface area contributed by atoms with E-state index in [1.54, 1.807) is 0 Å². The topological polar surface area (TPSA) is 39.1 Å². The molecule has 3 nitrogen and oxygen atoms in total. The number of rotatable bonds is 4. The summed E-state index contributed by atoms with van der Waals surface area (Å²) in [6.45, 7) is 2.16. The first kappa shape index (κ1) is 13.3. The lowest BCUT2D eigenvalue weighted by molar-refractivity contribution is -0.157. The number of nitrogens with zero attached hydrogens (tertiary/aromatic N) is 2. The number of alkyl halides is 3. The molecule has 0 aromatic rings. The molecule has 0 spiro atoms. The predicted molar refractivity (Wildman–Crippen MR) is 53.6 cm³/mol. The lowest BCUT2D eigenvalue weighted by Gasteiger charge is -2.16. The first-order chi connectivity index (χ1) is 7.43. The third-order valence-electron chi connectivity index (χ3n) is 2.82. The maximum absolute atomic E-state index is 12.2. The van der Waals surface area contributed by atoms with E-state index in [2.05, 4.69) is 10.2 Å². The fraction of sp³-hybridized carbons (Fsp3) is 0.900. The SMILES string of the molecule is CN1CCC(CNCC(C#N)C(F)(F)F)C1. The van der Waals surface area contributed by atoms with Crippen LogP contribution < -0.4 is 5.32 Å². The Morgan fingerprint density at radius 2 is 2.25 bits per heavy atom. The normalized spacial score (nSPS) is 24.3. The van der Waals surface area contributed by atoms with Crippen molar-refractivity contribution >= 4 is 0 Å². The molecule has 2 unspecified atom stereocenters. The molecule has 16 heavy (non-hydrogen) atoms. The number of nitriles is 1. The van der Waals surface area contributed by atoms with Crippen molar-refractivity contribution in [1.82, 2.24) is 10.2 Å². The number of hydrogen-bond donors (Lipinski definition) is 1. The van der Waals surface area contributed by atoms with Crippen LogP contribution in [0.2, 0.25) is 0 Å². The fourth-order valence-corrected chi connectivity index (χ4v) is 1.86. The van der Waals surface area contributed by atoms with Gasteiger partial charge in [-0.15, -0.1) is 0 Å². The molecular weight excluding hydrogens is 219 g/mol. The lowest BCUT2D eigenvalue weighted by Crippen LogP contribution is -2.35. The van der Waals surface area contributed by atoms with Crippen LogP contribution in [-0.4, -0.2) is 44.3 Å². The third-order valence-corrected chi connectivity index (χ3v) is 2.82. The van der Waals surface area contributed by atoms with Crippen molar-refractivity contribution in [2.24, 2.45) is 11.8 Å². The molecule has 0 radical (unpaired) electrons. The molecule has 1 saturated heterocycles. The fourth-order valence-electron chi connectivity index (χ4n) is 1.86. The van der Waals surface area contributed by atoms with Crippen LogP contribution in [0.15, 0.2) is 0 Å². The van der Waals surface area contributed by atoms with Crippen molar-refractivity contribution in [2.45, 2.75) is 12.6 Å². The zero-order valence-corrected chi connectivity index (χ0v) is 9.22. The summed E-state index contributed by atoms with van der Waals surface area (Å²) in [5, 5.41) is 11.1. The molecule has 1 aliphatic rings. The van der Waals surface area contributed by atoms with Crippen molar-refractivity contribution in [3.05, 3.63) is 0 Å². The molecule has 1 heterocycles. The van der Waals surface area contributed by atoms with E-state index in [1.165, 1.54) is 6.07 Å². The van der Waals surface area contributed by atoms with Crippen LogP contribution in [0.1, 0.15) is 6.42 Å². The zero-order chi connectivity index (χ0) is 12.2. The highest BCUT2D eigenvalue weighted by atomic mass is 19.4. The van der Waals surface area contributed by atoms with Crippen molar-refractivity contribution in [3.8, 4) is 6.07 Å². The standard InChI is InChI=1S/C10H16F3N3/c1-16-3-2-8(7-16)5-15-6-9(4-14)10(11,12)13/h8-9,15H,2-3,5-7H2,1H3. The van der Waals surface area contributed by atoms with Crippen LogP contribution in [0.25, 0.3) is 0 Å². The van der Waals surface area contributed by atoms with E-state index in [0.29, 0.717) is 12.5 Å². The summed E-state index contributed by atoms with van der Waals surface area (Å²) in [6.07, 6.45) is -3.42. The molecule has 2 atom stereocenters. The molecule has 1 aliphatic heterocycles. The molecule has 1 rings (SSSR count). The Morgan fingerprint density at radius 3 is 2.69 bits per heavy atom. The second-order valence-electron chi connectivity index (χ2n) is 4.30. The summed E-state index contributed by atoms with van der Waals surface area (Å²) in [5.74, 6) is -1.50. The van der Waals surface area contributed by atoms with Crippen LogP contribution in [0.4, 0.5) is 13.2 Å². The summed E-state index contributed by atoms with van der Waals surface area (Å²) in [4.78, 5) is 2.15. The van der Waals surface area contributed by atoms with Gasteiger partial charge in [0.25, 0.3) is 0 Å². The van der Waals surface area contributed by atoms with Gasteiger partial charge in [0.05, 0.1) is 6.07 Å². The Kier molecular flexibility index (Phi) is 4.56. The van der Waals surface area contributed by atoms with Crippen LogP contribution >= 0.6 is 0 Å². The summed E-state index contributed by atoms with van der Waals surface area (Å²) < 4.78 is 36.6. The van der Waals surface area contributed by atoms with Gasteiger partial charge in [-0.1, -0.05) is 0 Å². The van der Waals surface area contributed by atoms with Gasteiger partial charge < -0.3 is 10.2 Å². The molecule has 1 fully saturated rings. The van der Waals surface area contributed by atoms with Crippen LogP contribution in [0.3, 0.4) is 0 Å². The first-order valence-corrected chi connectivity index (χ1v) is 5.29. The second kappa shape index (κ2) is 5.51. The molecule has 92 valence electrons. The highest BCUT2D eigenvalue weighted by molar-refractivity contribution is 4.90. The van der Waals surface area contributed by atoms with E-state index in [0.717, 1.165) is 19.5 Å². The van der Waals surface area contributed by atoms with Gasteiger partial charge in [0.1, 0.15) is 0 Å². The highest BCUT2D eigenvalue weighted by Crippen LogP contribution is 2.25. The van der Waals surface area contributed by atoms with Gasteiger partial charge in [0.15, 0.2) is 5.92 Å². The van der Waals surface area contributed by atoms with Gasteiger partial charge in [-0.2, -0.15) is 18.4 Å². The van der Waals surface area contributed by atoms with Gasteiger partial charge in [-0.25, -0.2) is 0 Å². The molecular formula is C10H16F3N3. The van der Waals surface area contributed by atoms with E-state index >= 15 is 0 Å². The third kappa shape index (κ3) is 3.99. The van der Waals surface area contributed by atoms with Gasteiger partial charge >= 0.3 is 6.18 Å². The number of nitrogens with one attached hydrogen (secondary N) is 1. The quantitative estimate of drug-likeness (QED) is 0.796. The zero-order valence-electron chi connectivity index (χ0n) is 9.22. The van der Waals surface area contributed by atoms with E-state index in [9.17, 15) is 13.2 Å². The molecule has 1 N–H and O–H groups in total. The number of halogens is 3. The van der Waals surface area contributed by atoms with Gasteiger partial charge in [-0.3, -0.25) is 0 Å². The van der Waals surface area contributed by atoms with Crippen LogP contribution in [0.5, 0.6) is 0 Å². The maximum atomic E-state index is 12.2. The molecule has 0 aliphatic carbocycles. The minimum atomic E-state index is -4.42. The minimum Gasteiger partial charge on any atom is -0.315 e. The van der Waals surface area contributed by atoms with E-state index in [-0.39, 0.29) is 6.54 Å². The van der Waals surface area contributed by atoms with Gasteiger partial charge in [-0.05, 0) is 32.5 Å². The molecule has 6 heteroatoms. The first-order valence-electron chi connectivity index (χ1n) is 5.29. The maximum Gasteiger partial charge on any atom is 0.405 e. The average Bonchev–Trinajstić information content (AvgIpc) is 2.57. The molecule has 0 aromatic heterocycles. The molecule has 0 bridgehead atoms. The number of hydrogen-bond acceptors (Lipinski definition) is 3. The Bertz CT molecular complexity index is 259. The van der Waals surface area contributed by atoms with Crippen molar-refractivity contribution in [2.75, 3.05) is 33.2 Å². The summed E-state index contributed by atoms with van der Waals surface area (Å²) >= 11 is 0. The van der Waals surface area contributed by atoms with Crippen molar-refractivity contribution < 1.29 is 13.2 Å². The highest BCUT2D eigenvalue weighted by Gasteiger charge is 2.39. The Balaban J connectivity index is 2.22. The molecule has 0 amide bonds. The average molecular weight is 235 g/mol. The Hall–Kier alpha value is -0.800. The summed E-state index contributed by atoms with van der Waals surface area (Å²) in [7, 11) is 1.99. The van der Waals surface area contributed by atoms with Crippen LogP contribution in [0, 0.1) is 23.2 Å². The molecule has 0 aromatic carbocycles. The monoisotopic (exact) mass is 235 g/mol. The largest absolute Gasteiger partial charge is 0.405 e. The number of likely N-dealkylation sites (tertiary alicyclic amines) is 1. The molecule has 0 saturated carbocycles. The smallest absolute Gasteiger partial charge is 0.315 e. The van der Waals surface area contributed by atoms with E-state index in [1.807, 2.05) is 7.05 Å².